The van der Waals surface area contributed by atoms with E-state index in [0.717, 1.165) is 0 Å². The van der Waals surface area contributed by atoms with Crippen LogP contribution in [-0.4, -0.2) is 62.6 Å². The van der Waals surface area contributed by atoms with Crippen LogP contribution >= 0.6 is 0 Å². The molecule has 0 unspecified atom stereocenters. The number of hydrogen-bond acceptors (Lipinski definition) is 7. The zero-order chi connectivity index (χ0) is 29.9. The first kappa shape index (κ1) is 30.4. The number of benzene rings is 1. The number of sulfonamides is 1. The molecule has 12 heteroatoms. The lowest BCUT2D eigenvalue weighted by Gasteiger charge is -2.33. The fourth-order valence-electron chi connectivity index (χ4n) is 4.81. The molecule has 1 aliphatic heterocycles. The smallest absolute Gasteiger partial charge is 0.410 e. The van der Waals surface area contributed by atoms with E-state index in [-0.39, 0.29) is 41.3 Å². The number of aryl methyl sites for hydroxylation is 1. The van der Waals surface area contributed by atoms with Gasteiger partial charge in [0.2, 0.25) is 15.7 Å². The summed E-state index contributed by atoms with van der Waals surface area (Å²) in [6.07, 6.45) is 1.45. The Labute approximate surface area is 239 Å². The Kier molecular flexibility index (Phi) is 9.03. The van der Waals surface area contributed by atoms with Crippen molar-refractivity contribution in [2.24, 2.45) is 5.92 Å². The standard InChI is InChI=1S/C29H37FN4O6S/c1-6-19-15-22-24(26(35)31-5)25(20-7-9-21(30)10-8-20)39-27(22)33-23(19)17-41(37,38)32-16-18-11-13-34(14-12-18)28(36)40-29(2,3)4/h7-10,15,18,32H,6,11-14,16-17H2,1-5H3,(H,31,35). The summed E-state index contributed by atoms with van der Waals surface area (Å²) in [6.45, 7) is 8.60. The summed E-state index contributed by atoms with van der Waals surface area (Å²) in [7, 11) is -2.25. The molecular formula is C29H37FN4O6S. The van der Waals surface area contributed by atoms with Crippen LogP contribution in [0.25, 0.3) is 22.4 Å². The second kappa shape index (κ2) is 12.2. The molecule has 1 aromatic carbocycles. The Hall–Kier alpha value is -3.51. The predicted molar refractivity (Wildman–Crippen MR) is 153 cm³/mol. The van der Waals surface area contributed by atoms with Gasteiger partial charge < -0.3 is 19.4 Å². The molecule has 2 N–H and O–H groups in total. The molecule has 2 aromatic heterocycles. The van der Waals surface area contributed by atoms with Gasteiger partial charge in [0.05, 0.1) is 16.6 Å². The lowest BCUT2D eigenvalue weighted by molar-refractivity contribution is 0.0185. The van der Waals surface area contributed by atoms with E-state index in [4.69, 9.17) is 9.15 Å². The summed E-state index contributed by atoms with van der Waals surface area (Å²) in [5, 5.41) is 3.05. The quantitative estimate of drug-likeness (QED) is 0.393. The van der Waals surface area contributed by atoms with Gasteiger partial charge in [0, 0.05) is 32.2 Å². The van der Waals surface area contributed by atoms with Gasteiger partial charge in [-0.2, -0.15) is 0 Å². The minimum atomic E-state index is -3.75. The van der Waals surface area contributed by atoms with Gasteiger partial charge in [0.25, 0.3) is 5.91 Å². The molecule has 2 amide bonds. The molecule has 0 aliphatic carbocycles. The number of hydrogen-bond donors (Lipinski definition) is 2. The molecule has 1 saturated heterocycles. The number of piperidine rings is 1. The first-order chi connectivity index (χ1) is 19.3. The van der Waals surface area contributed by atoms with Crippen molar-refractivity contribution in [2.45, 2.75) is 58.3 Å². The Morgan fingerprint density at radius 2 is 1.83 bits per heavy atom. The van der Waals surface area contributed by atoms with Crippen LogP contribution < -0.4 is 10.0 Å². The molecule has 3 aromatic rings. The van der Waals surface area contributed by atoms with Crippen LogP contribution in [-0.2, 0) is 26.9 Å². The number of pyridine rings is 1. The maximum absolute atomic E-state index is 13.5. The highest BCUT2D eigenvalue weighted by Gasteiger charge is 2.29. The molecule has 4 rings (SSSR count). The number of ether oxygens (including phenoxy) is 1. The van der Waals surface area contributed by atoms with Crippen LogP contribution in [0.4, 0.5) is 9.18 Å². The van der Waals surface area contributed by atoms with Crippen LogP contribution in [0, 0.1) is 11.7 Å². The highest BCUT2D eigenvalue weighted by atomic mass is 32.2. The molecule has 3 heterocycles. The Bertz CT molecular complexity index is 1520. The third-order valence-corrected chi connectivity index (χ3v) is 8.24. The first-order valence-corrected chi connectivity index (χ1v) is 15.3. The SMILES string of the molecule is CCc1cc2c(C(=O)NC)c(-c3ccc(F)cc3)oc2nc1CS(=O)(=O)NCC1CCN(C(=O)OC(C)(C)C)CC1. The largest absolute Gasteiger partial charge is 0.444 e. The summed E-state index contributed by atoms with van der Waals surface area (Å²) in [4.78, 5) is 31.3. The average Bonchev–Trinajstić information content (AvgIpc) is 3.28. The van der Waals surface area contributed by atoms with Gasteiger partial charge in [-0.05, 0) is 81.8 Å². The van der Waals surface area contributed by atoms with Crippen molar-refractivity contribution in [3.8, 4) is 11.3 Å². The van der Waals surface area contributed by atoms with E-state index in [0.29, 0.717) is 54.6 Å². The molecule has 0 bridgehead atoms. The van der Waals surface area contributed by atoms with Gasteiger partial charge in [0.15, 0.2) is 0 Å². The number of furan rings is 1. The minimum absolute atomic E-state index is 0.0861. The third kappa shape index (κ3) is 7.42. The van der Waals surface area contributed by atoms with Gasteiger partial charge in [-0.25, -0.2) is 27.3 Å². The lowest BCUT2D eigenvalue weighted by atomic mass is 9.97. The van der Waals surface area contributed by atoms with Crippen molar-refractivity contribution in [1.29, 1.82) is 0 Å². The number of carbonyl (C=O) groups excluding carboxylic acids is 2. The van der Waals surface area contributed by atoms with E-state index < -0.39 is 27.3 Å². The molecule has 0 radical (unpaired) electrons. The van der Waals surface area contributed by atoms with Crippen LogP contribution in [0.2, 0.25) is 0 Å². The topological polar surface area (TPSA) is 131 Å². The zero-order valence-electron chi connectivity index (χ0n) is 24.0. The monoisotopic (exact) mass is 588 g/mol. The van der Waals surface area contributed by atoms with Crippen molar-refractivity contribution >= 4 is 33.1 Å². The maximum Gasteiger partial charge on any atom is 0.410 e. The Morgan fingerprint density at radius 3 is 2.41 bits per heavy atom. The number of fused-ring (bicyclic) bond motifs is 1. The van der Waals surface area contributed by atoms with E-state index in [2.05, 4.69) is 15.0 Å². The minimum Gasteiger partial charge on any atom is -0.444 e. The van der Waals surface area contributed by atoms with Crippen molar-refractivity contribution in [3.63, 3.8) is 0 Å². The number of likely N-dealkylation sites (tertiary alicyclic amines) is 1. The number of carbonyl (C=O) groups is 2. The van der Waals surface area contributed by atoms with Gasteiger partial charge in [-0.1, -0.05) is 6.92 Å². The zero-order valence-corrected chi connectivity index (χ0v) is 24.9. The van der Waals surface area contributed by atoms with Crippen molar-refractivity contribution < 1.29 is 31.6 Å². The van der Waals surface area contributed by atoms with E-state index in [9.17, 15) is 22.4 Å². The van der Waals surface area contributed by atoms with Gasteiger partial charge in [-0.3, -0.25) is 4.79 Å². The molecule has 0 spiro atoms. The van der Waals surface area contributed by atoms with Crippen molar-refractivity contribution in [2.75, 3.05) is 26.7 Å². The predicted octanol–water partition coefficient (Wildman–Crippen LogP) is 4.62. The summed E-state index contributed by atoms with van der Waals surface area (Å²) in [5.74, 6) is -0.865. The number of halogens is 1. The third-order valence-electron chi connectivity index (χ3n) is 6.98. The average molecular weight is 589 g/mol. The summed E-state index contributed by atoms with van der Waals surface area (Å²) in [6, 6.07) is 7.29. The second-order valence-electron chi connectivity index (χ2n) is 11.2. The fraction of sp³-hybridized carbons (Fsp3) is 0.483. The second-order valence-corrected chi connectivity index (χ2v) is 13.0. The van der Waals surface area contributed by atoms with Gasteiger partial charge >= 0.3 is 6.09 Å². The highest BCUT2D eigenvalue weighted by Crippen LogP contribution is 2.34. The molecule has 1 fully saturated rings. The van der Waals surface area contributed by atoms with Crippen LogP contribution in [0.1, 0.15) is 62.2 Å². The van der Waals surface area contributed by atoms with E-state index in [1.165, 1.54) is 31.3 Å². The van der Waals surface area contributed by atoms with Gasteiger partial charge in [-0.15, -0.1) is 0 Å². The lowest BCUT2D eigenvalue weighted by Crippen LogP contribution is -2.43. The Morgan fingerprint density at radius 1 is 1.17 bits per heavy atom. The van der Waals surface area contributed by atoms with Crippen molar-refractivity contribution in [1.82, 2.24) is 19.9 Å². The first-order valence-electron chi connectivity index (χ1n) is 13.7. The number of aromatic nitrogens is 1. The normalized spacial score (nSPS) is 14.8. The van der Waals surface area contributed by atoms with Crippen LogP contribution in [0.3, 0.4) is 0 Å². The maximum atomic E-state index is 13.5. The summed E-state index contributed by atoms with van der Waals surface area (Å²) < 4.78 is 53.8. The molecule has 222 valence electrons. The molecule has 1 aliphatic rings. The molecule has 10 nitrogen and oxygen atoms in total. The van der Waals surface area contributed by atoms with Crippen LogP contribution in [0.5, 0.6) is 0 Å². The molecule has 0 saturated carbocycles. The molecular weight excluding hydrogens is 551 g/mol. The molecule has 0 atom stereocenters. The Balaban J connectivity index is 1.50. The molecule has 41 heavy (non-hydrogen) atoms. The van der Waals surface area contributed by atoms with Crippen LogP contribution in [0.15, 0.2) is 34.7 Å². The van der Waals surface area contributed by atoms with E-state index >= 15 is 0 Å². The number of nitrogens with one attached hydrogen (secondary N) is 2. The fourth-order valence-corrected chi connectivity index (χ4v) is 6.01. The summed E-state index contributed by atoms with van der Waals surface area (Å²) >= 11 is 0. The summed E-state index contributed by atoms with van der Waals surface area (Å²) in [5.41, 5.74) is 1.30. The number of amides is 2. The van der Waals surface area contributed by atoms with Gasteiger partial charge in [0.1, 0.15) is 22.9 Å². The van der Waals surface area contributed by atoms with Crippen molar-refractivity contribution in [3.05, 3.63) is 53.0 Å². The van der Waals surface area contributed by atoms with E-state index in [1.807, 2.05) is 27.7 Å². The number of nitrogens with zero attached hydrogens (tertiary/aromatic N) is 2. The highest BCUT2D eigenvalue weighted by molar-refractivity contribution is 7.88. The van der Waals surface area contributed by atoms with E-state index in [1.54, 1.807) is 11.0 Å². The number of rotatable bonds is 8.